The van der Waals surface area contributed by atoms with Gasteiger partial charge in [-0.3, -0.25) is 9.59 Å². The van der Waals surface area contributed by atoms with Crippen molar-refractivity contribution in [1.29, 1.82) is 0 Å². The van der Waals surface area contributed by atoms with Crippen LogP contribution in [0.5, 0.6) is 0 Å². The van der Waals surface area contributed by atoms with Gasteiger partial charge in [-0.1, -0.05) is 26.0 Å². The summed E-state index contributed by atoms with van der Waals surface area (Å²) in [5, 5.41) is 11.5. The van der Waals surface area contributed by atoms with Gasteiger partial charge in [0, 0.05) is 40.5 Å². The van der Waals surface area contributed by atoms with Crippen LogP contribution in [-0.4, -0.2) is 26.4 Å². The van der Waals surface area contributed by atoms with Gasteiger partial charge in [-0.05, 0) is 62.2 Å². The second-order valence-electron chi connectivity index (χ2n) is 8.28. The molecular weight excluding hydrogens is 402 g/mol. The van der Waals surface area contributed by atoms with E-state index in [0.29, 0.717) is 24.2 Å². The molecule has 164 valence electrons. The standard InChI is InChI=1S/C25H27N5O2/c1-15(2)25(32)28-19-11-9-18(10-12-19)27-23(31)14-13-20-16(3)26-24-21-7-5-6-8-22(21)29-30(24)17(20)4/h5-12,15H,13-14H2,1-4H3,(H,27,31)(H,28,32). The number of aromatic nitrogens is 3. The Hall–Kier alpha value is -3.74. The highest BCUT2D eigenvalue weighted by atomic mass is 16.2. The zero-order valence-electron chi connectivity index (χ0n) is 18.8. The number of hydrogen-bond donors (Lipinski definition) is 2. The molecule has 2 amide bonds. The lowest BCUT2D eigenvalue weighted by Crippen LogP contribution is -2.17. The van der Waals surface area contributed by atoms with Gasteiger partial charge < -0.3 is 10.6 Å². The monoisotopic (exact) mass is 429 g/mol. The average Bonchev–Trinajstić information content (AvgIpc) is 3.13. The van der Waals surface area contributed by atoms with Crippen molar-refractivity contribution in [2.75, 3.05) is 10.6 Å². The first-order valence-corrected chi connectivity index (χ1v) is 10.8. The Morgan fingerprint density at radius 2 is 1.62 bits per heavy atom. The summed E-state index contributed by atoms with van der Waals surface area (Å²) in [5.74, 6) is -0.202. The van der Waals surface area contributed by atoms with Crippen LogP contribution in [0.3, 0.4) is 0 Å². The minimum atomic E-state index is -0.0878. The van der Waals surface area contributed by atoms with Crippen molar-refractivity contribution in [2.45, 2.75) is 40.5 Å². The van der Waals surface area contributed by atoms with Crippen molar-refractivity contribution >= 4 is 39.7 Å². The fraction of sp³-hybridized carbons (Fsp3) is 0.280. The number of fused-ring (bicyclic) bond motifs is 3. The summed E-state index contributed by atoms with van der Waals surface area (Å²) in [7, 11) is 0. The Morgan fingerprint density at radius 3 is 2.31 bits per heavy atom. The van der Waals surface area contributed by atoms with Gasteiger partial charge in [0.1, 0.15) is 0 Å². The van der Waals surface area contributed by atoms with Crippen LogP contribution < -0.4 is 10.6 Å². The lowest BCUT2D eigenvalue weighted by Gasteiger charge is -2.12. The van der Waals surface area contributed by atoms with Gasteiger partial charge >= 0.3 is 0 Å². The first-order valence-electron chi connectivity index (χ1n) is 10.8. The molecule has 2 aromatic heterocycles. The molecule has 4 aromatic rings. The third kappa shape index (κ3) is 4.32. The molecule has 0 unspecified atom stereocenters. The van der Waals surface area contributed by atoms with E-state index in [4.69, 9.17) is 4.98 Å². The molecular formula is C25H27N5O2. The Morgan fingerprint density at radius 1 is 0.969 bits per heavy atom. The quantitative estimate of drug-likeness (QED) is 0.466. The highest BCUT2D eigenvalue weighted by Crippen LogP contribution is 2.23. The summed E-state index contributed by atoms with van der Waals surface area (Å²) < 4.78 is 1.87. The van der Waals surface area contributed by atoms with Crippen LogP contribution in [0, 0.1) is 19.8 Å². The SMILES string of the molecule is Cc1nc2c3ccccc3nn2c(C)c1CCC(=O)Nc1ccc(NC(=O)C(C)C)cc1. The van der Waals surface area contributed by atoms with E-state index in [-0.39, 0.29) is 17.7 Å². The first kappa shape index (κ1) is 21.5. The summed E-state index contributed by atoms with van der Waals surface area (Å²) in [6.45, 7) is 7.68. The van der Waals surface area contributed by atoms with E-state index >= 15 is 0 Å². The minimum Gasteiger partial charge on any atom is -0.326 e. The van der Waals surface area contributed by atoms with Gasteiger partial charge in [0.05, 0.1) is 5.52 Å². The molecule has 0 aliphatic heterocycles. The highest BCUT2D eigenvalue weighted by Gasteiger charge is 2.15. The molecule has 0 spiro atoms. The Labute approximate surface area is 186 Å². The predicted molar refractivity (Wildman–Crippen MR) is 127 cm³/mol. The van der Waals surface area contributed by atoms with Gasteiger partial charge in [-0.25, -0.2) is 9.50 Å². The third-order valence-electron chi connectivity index (χ3n) is 5.58. The molecule has 2 aromatic carbocycles. The van der Waals surface area contributed by atoms with Crippen molar-refractivity contribution in [3.05, 3.63) is 65.5 Å². The van der Waals surface area contributed by atoms with Gasteiger partial charge in [0.15, 0.2) is 5.65 Å². The number of amides is 2. The van der Waals surface area contributed by atoms with Crippen LogP contribution in [0.2, 0.25) is 0 Å². The molecule has 4 rings (SSSR count). The Bertz CT molecular complexity index is 1310. The van der Waals surface area contributed by atoms with E-state index < -0.39 is 0 Å². The fourth-order valence-electron chi connectivity index (χ4n) is 3.72. The number of rotatable bonds is 6. The molecule has 32 heavy (non-hydrogen) atoms. The van der Waals surface area contributed by atoms with E-state index in [1.54, 1.807) is 24.3 Å². The molecule has 2 heterocycles. The van der Waals surface area contributed by atoms with Crippen LogP contribution in [0.15, 0.2) is 48.5 Å². The van der Waals surface area contributed by atoms with E-state index in [1.165, 1.54) is 0 Å². The summed E-state index contributed by atoms with van der Waals surface area (Å²) in [6.07, 6.45) is 0.909. The second kappa shape index (κ2) is 8.78. The molecule has 0 radical (unpaired) electrons. The van der Waals surface area contributed by atoms with E-state index in [1.807, 2.05) is 56.5 Å². The molecule has 0 bridgehead atoms. The molecule has 0 aliphatic rings. The molecule has 0 saturated carbocycles. The van der Waals surface area contributed by atoms with Crippen molar-refractivity contribution in [3.8, 4) is 0 Å². The second-order valence-corrected chi connectivity index (χ2v) is 8.28. The van der Waals surface area contributed by atoms with Crippen LogP contribution in [0.25, 0.3) is 16.6 Å². The van der Waals surface area contributed by atoms with Crippen molar-refractivity contribution in [1.82, 2.24) is 14.6 Å². The lowest BCUT2D eigenvalue weighted by molar-refractivity contribution is -0.119. The van der Waals surface area contributed by atoms with E-state index in [0.717, 1.165) is 33.5 Å². The number of nitrogens with one attached hydrogen (secondary N) is 2. The number of aryl methyl sites for hydroxylation is 2. The number of carbonyl (C=O) groups excluding carboxylic acids is 2. The molecule has 0 aliphatic carbocycles. The number of nitrogens with zero attached hydrogens (tertiary/aromatic N) is 3. The normalized spacial score (nSPS) is 11.3. The lowest BCUT2D eigenvalue weighted by atomic mass is 10.1. The topological polar surface area (TPSA) is 88.4 Å². The largest absolute Gasteiger partial charge is 0.326 e. The van der Waals surface area contributed by atoms with Crippen molar-refractivity contribution in [3.63, 3.8) is 0 Å². The summed E-state index contributed by atoms with van der Waals surface area (Å²) in [5.41, 5.74) is 6.10. The number of anilines is 2. The minimum absolute atomic E-state index is 0.0387. The van der Waals surface area contributed by atoms with Gasteiger partial charge in [-0.2, -0.15) is 5.10 Å². The maximum absolute atomic E-state index is 12.5. The van der Waals surface area contributed by atoms with Crippen LogP contribution >= 0.6 is 0 Å². The van der Waals surface area contributed by atoms with E-state index in [2.05, 4.69) is 15.7 Å². The van der Waals surface area contributed by atoms with Gasteiger partial charge in [0.2, 0.25) is 11.8 Å². The van der Waals surface area contributed by atoms with Crippen LogP contribution in [-0.2, 0) is 16.0 Å². The zero-order chi connectivity index (χ0) is 22.8. The van der Waals surface area contributed by atoms with Crippen molar-refractivity contribution in [2.24, 2.45) is 5.92 Å². The molecule has 0 atom stereocenters. The smallest absolute Gasteiger partial charge is 0.226 e. The molecule has 7 nitrogen and oxygen atoms in total. The maximum Gasteiger partial charge on any atom is 0.226 e. The van der Waals surface area contributed by atoms with E-state index in [9.17, 15) is 9.59 Å². The highest BCUT2D eigenvalue weighted by molar-refractivity contribution is 5.94. The fourth-order valence-corrected chi connectivity index (χ4v) is 3.72. The van der Waals surface area contributed by atoms with Crippen molar-refractivity contribution < 1.29 is 9.59 Å². The summed E-state index contributed by atoms with van der Waals surface area (Å²) in [6, 6.07) is 15.1. The van der Waals surface area contributed by atoms with Crippen LogP contribution in [0.1, 0.15) is 37.2 Å². The molecule has 0 fully saturated rings. The summed E-state index contributed by atoms with van der Waals surface area (Å²) in [4.78, 5) is 29.1. The molecule has 0 saturated heterocycles. The van der Waals surface area contributed by atoms with Gasteiger partial charge in [0.25, 0.3) is 0 Å². The average molecular weight is 430 g/mol. The Kier molecular flexibility index (Phi) is 5.90. The third-order valence-corrected chi connectivity index (χ3v) is 5.58. The number of hydrogen-bond acceptors (Lipinski definition) is 4. The number of carbonyl (C=O) groups is 2. The summed E-state index contributed by atoms with van der Waals surface area (Å²) >= 11 is 0. The van der Waals surface area contributed by atoms with Crippen LogP contribution in [0.4, 0.5) is 11.4 Å². The zero-order valence-corrected chi connectivity index (χ0v) is 18.8. The molecule has 2 N–H and O–H groups in total. The maximum atomic E-state index is 12.5. The number of benzene rings is 2. The van der Waals surface area contributed by atoms with Gasteiger partial charge in [-0.15, -0.1) is 0 Å². The Balaban J connectivity index is 1.44. The molecule has 7 heteroatoms. The predicted octanol–water partition coefficient (Wildman–Crippen LogP) is 4.67. The first-order chi connectivity index (χ1) is 15.3.